The summed E-state index contributed by atoms with van der Waals surface area (Å²) in [5.74, 6) is 0.328. The van der Waals surface area contributed by atoms with Crippen LogP contribution in [0.3, 0.4) is 0 Å². The lowest BCUT2D eigenvalue weighted by molar-refractivity contribution is 0.0523. The predicted molar refractivity (Wildman–Crippen MR) is 97.0 cm³/mol. The van der Waals surface area contributed by atoms with Gasteiger partial charge in [0, 0.05) is 30.0 Å². The maximum atomic E-state index is 12.6. The molecule has 128 valence electrons. The minimum Gasteiger partial charge on any atom is -0.497 e. The van der Waals surface area contributed by atoms with Gasteiger partial charge in [-0.1, -0.05) is 30.0 Å². The van der Waals surface area contributed by atoms with Crippen molar-refractivity contribution in [3.8, 4) is 5.75 Å². The second kappa shape index (κ2) is 8.61. The lowest BCUT2D eigenvalue weighted by Gasteiger charge is -2.23. The number of ether oxygens (including phenoxy) is 2. The van der Waals surface area contributed by atoms with Crippen LogP contribution in [0, 0.1) is 0 Å². The molecule has 0 bridgehead atoms. The first-order valence-corrected chi connectivity index (χ1v) is 8.45. The van der Waals surface area contributed by atoms with E-state index in [4.69, 9.17) is 9.47 Å². The Hall–Kier alpha value is -2.18. The third kappa shape index (κ3) is 4.21. The SMILES string of the molecule is CCOC(=O)c1c(Sc2ccccc2)cc(OC)cc1N(C)NC. The number of anilines is 1. The van der Waals surface area contributed by atoms with Gasteiger partial charge in [0.1, 0.15) is 5.75 Å². The van der Waals surface area contributed by atoms with Crippen molar-refractivity contribution in [3.05, 3.63) is 48.0 Å². The zero-order chi connectivity index (χ0) is 17.5. The highest BCUT2D eigenvalue weighted by Crippen LogP contribution is 2.38. The van der Waals surface area contributed by atoms with Gasteiger partial charge in [-0.15, -0.1) is 0 Å². The molecule has 2 aromatic carbocycles. The summed E-state index contributed by atoms with van der Waals surface area (Å²) in [6.07, 6.45) is 0. The number of carbonyl (C=O) groups excluding carboxylic acids is 1. The molecule has 2 rings (SSSR count). The number of methoxy groups -OCH3 is 1. The van der Waals surface area contributed by atoms with Crippen LogP contribution in [0.25, 0.3) is 0 Å². The molecule has 0 saturated heterocycles. The van der Waals surface area contributed by atoms with Crippen LogP contribution in [-0.4, -0.2) is 33.8 Å². The maximum absolute atomic E-state index is 12.6. The van der Waals surface area contributed by atoms with Crippen molar-refractivity contribution in [2.24, 2.45) is 0 Å². The molecule has 0 saturated carbocycles. The number of rotatable bonds is 7. The van der Waals surface area contributed by atoms with E-state index in [2.05, 4.69) is 5.43 Å². The van der Waals surface area contributed by atoms with E-state index in [-0.39, 0.29) is 5.97 Å². The van der Waals surface area contributed by atoms with Gasteiger partial charge in [0.15, 0.2) is 0 Å². The first-order valence-electron chi connectivity index (χ1n) is 7.63. The molecule has 0 amide bonds. The Morgan fingerprint density at radius 1 is 1.25 bits per heavy atom. The van der Waals surface area contributed by atoms with E-state index in [0.717, 1.165) is 9.79 Å². The van der Waals surface area contributed by atoms with Crippen LogP contribution < -0.4 is 15.2 Å². The van der Waals surface area contributed by atoms with Gasteiger partial charge in [-0.3, -0.25) is 0 Å². The lowest BCUT2D eigenvalue weighted by Crippen LogP contribution is -2.32. The van der Waals surface area contributed by atoms with Crippen molar-refractivity contribution >= 4 is 23.4 Å². The number of nitrogens with zero attached hydrogens (tertiary/aromatic N) is 1. The monoisotopic (exact) mass is 346 g/mol. The van der Waals surface area contributed by atoms with E-state index >= 15 is 0 Å². The molecule has 0 radical (unpaired) electrons. The Labute approximate surface area is 146 Å². The second-order valence-corrected chi connectivity index (χ2v) is 6.05. The second-order valence-electron chi connectivity index (χ2n) is 4.94. The Bertz CT molecular complexity index is 692. The van der Waals surface area contributed by atoms with Crippen molar-refractivity contribution in [1.29, 1.82) is 0 Å². The highest BCUT2D eigenvalue weighted by molar-refractivity contribution is 7.99. The minimum absolute atomic E-state index is 0.322. The molecule has 1 N–H and O–H groups in total. The Morgan fingerprint density at radius 2 is 1.96 bits per heavy atom. The fourth-order valence-electron chi connectivity index (χ4n) is 2.18. The molecule has 6 heteroatoms. The Morgan fingerprint density at radius 3 is 2.54 bits per heavy atom. The maximum Gasteiger partial charge on any atom is 0.341 e. The van der Waals surface area contributed by atoms with Crippen LogP contribution in [0.5, 0.6) is 5.75 Å². The van der Waals surface area contributed by atoms with E-state index in [9.17, 15) is 4.79 Å². The molecule has 0 atom stereocenters. The van der Waals surface area contributed by atoms with Crippen molar-refractivity contribution in [3.63, 3.8) is 0 Å². The Kier molecular flexibility index (Phi) is 6.52. The van der Waals surface area contributed by atoms with Crippen molar-refractivity contribution in [1.82, 2.24) is 5.43 Å². The van der Waals surface area contributed by atoms with Crippen LogP contribution in [0.1, 0.15) is 17.3 Å². The molecule has 0 aliphatic heterocycles. The van der Waals surface area contributed by atoms with Gasteiger partial charge in [-0.25, -0.2) is 10.2 Å². The molecular weight excluding hydrogens is 324 g/mol. The van der Waals surface area contributed by atoms with Crippen LogP contribution in [-0.2, 0) is 4.74 Å². The van der Waals surface area contributed by atoms with Gasteiger partial charge in [-0.2, -0.15) is 0 Å². The van der Waals surface area contributed by atoms with Crippen LogP contribution in [0.4, 0.5) is 5.69 Å². The number of carbonyl (C=O) groups is 1. The summed E-state index contributed by atoms with van der Waals surface area (Å²) < 4.78 is 10.7. The summed E-state index contributed by atoms with van der Waals surface area (Å²) in [6, 6.07) is 13.6. The number of benzene rings is 2. The summed E-state index contributed by atoms with van der Waals surface area (Å²) >= 11 is 1.50. The van der Waals surface area contributed by atoms with E-state index < -0.39 is 0 Å². The van der Waals surface area contributed by atoms with E-state index in [1.54, 1.807) is 26.1 Å². The molecule has 0 fully saturated rings. The lowest BCUT2D eigenvalue weighted by atomic mass is 10.1. The van der Waals surface area contributed by atoms with Crippen molar-refractivity contribution in [2.45, 2.75) is 16.7 Å². The molecule has 0 heterocycles. The molecule has 2 aromatic rings. The smallest absolute Gasteiger partial charge is 0.341 e. The first-order chi connectivity index (χ1) is 11.6. The van der Waals surface area contributed by atoms with Gasteiger partial charge >= 0.3 is 5.97 Å². The van der Waals surface area contributed by atoms with Gasteiger partial charge in [0.05, 0.1) is 25.0 Å². The van der Waals surface area contributed by atoms with E-state index in [1.165, 1.54) is 11.8 Å². The highest BCUT2D eigenvalue weighted by Gasteiger charge is 2.22. The van der Waals surface area contributed by atoms with Crippen LogP contribution in [0.15, 0.2) is 52.3 Å². The fourth-order valence-corrected chi connectivity index (χ4v) is 3.20. The van der Waals surface area contributed by atoms with Gasteiger partial charge < -0.3 is 14.5 Å². The number of nitrogens with one attached hydrogen (secondary N) is 1. The third-order valence-corrected chi connectivity index (χ3v) is 4.49. The minimum atomic E-state index is -0.351. The van der Waals surface area contributed by atoms with Gasteiger partial charge in [0.25, 0.3) is 0 Å². The molecule has 24 heavy (non-hydrogen) atoms. The summed E-state index contributed by atoms with van der Waals surface area (Å²) in [4.78, 5) is 14.4. The van der Waals surface area contributed by atoms with E-state index in [0.29, 0.717) is 23.6 Å². The van der Waals surface area contributed by atoms with Crippen molar-refractivity contribution in [2.75, 3.05) is 32.8 Å². The summed E-state index contributed by atoms with van der Waals surface area (Å²) in [7, 11) is 5.24. The molecule has 0 aliphatic rings. The Balaban J connectivity index is 2.58. The normalized spacial score (nSPS) is 10.3. The van der Waals surface area contributed by atoms with Crippen LogP contribution >= 0.6 is 11.8 Å². The highest BCUT2D eigenvalue weighted by atomic mass is 32.2. The molecule has 0 spiro atoms. The number of hydrazine groups is 1. The topological polar surface area (TPSA) is 50.8 Å². The van der Waals surface area contributed by atoms with Gasteiger partial charge in [0.2, 0.25) is 0 Å². The van der Waals surface area contributed by atoms with Crippen molar-refractivity contribution < 1.29 is 14.3 Å². The molecule has 0 aromatic heterocycles. The number of hydrogen-bond donors (Lipinski definition) is 1. The summed E-state index contributed by atoms with van der Waals surface area (Å²) in [6.45, 7) is 2.12. The zero-order valence-electron chi connectivity index (χ0n) is 14.3. The standard InChI is InChI=1S/C18H22N2O3S/c1-5-23-18(21)17-15(20(3)19-2)11-13(22-4)12-16(17)24-14-9-7-6-8-10-14/h6-12,19H,5H2,1-4H3. The molecule has 0 unspecified atom stereocenters. The average Bonchev–Trinajstić information content (AvgIpc) is 2.61. The average molecular weight is 346 g/mol. The van der Waals surface area contributed by atoms with Crippen LogP contribution in [0.2, 0.25) is 0 Å². The number of hydrogen-bond acceptors (Lipinski definition) is 6. The number of esters is 1. The predicted octanol–water partition coefficient (Wildman–Crippen LogP) is 3.59. The fraction of sp³-hybridized carbons (Fsp3) is 0.278. The third-order valence-electron chi connectivity index (χ3n) is 3.44. The van der Waals surface area contributed by atoms with E-state index in [1.807, 2.05) is 49.5 Å². The molecular formula is C18H22N2O3S. The summed E-state index contributed by atoms with van der Waals surface area (Å²) in [5, 5.41) is 1.77. The largest absolute Gasteiger partial charge is 0.497 e. The molecule has 5 nitrogen and oxygen atoms in total. The van der Waals surface area contributed by atoms with Gasteiger partial charge in [-0.05, 0) is 25.1 Å². The first kappa shape index (κ1) is 18.2. The summed E-state index contributed by atoms with van der Waals surface area (Å²) in [5.41, 5.74) is 4.24. The zero-order valence-corrected chi connectivity index (χ0v) is 15.1. The molecule has 0 aliphatic carbocycles. The quantitative estimate of drug-likeness (QED) is 0.611.